The van der Waals surface area contributed by atoms with E-state index in [1.807, 2.05) is 6.92 Å². The first-order valence-corrected chi connectivity index (χ1v) is 13.7. The number of para-hydroxylation sites is 1. The third kappa shape index (κ3) is 9.50. The number of hydrogen-bond donors (Lipinski definition) is 5. The number of urea groups is 1. The van der Waals surface area contributed by atoms with Gasteiger partial charge in [0.15, 0.2) is 0 Å². The van der Waals surface area contributed by atoms with Gasteiger partial charge in [-0.15, -0.1) is 0 Å². The van der Waals surface area contributed by atoms with Crippen LogP contribution in [0.1, 0.15) is 61.5 Å². The maximum Gasteiger partial charge on any atom is 0.395 e. The number of benzene rings is 2. The fourth-order valence-electron chi connectivity index (χ4n) is 4.23. The fraction of sp³-hybridized carbons (Fsp3) is 0.333. The average Bonchev–Trinajstić information content (AvgIpc) is 2.94. The maximum atomic E-state index is 13.3. The van der Waals surface area contributed by atoms with Crippen LogP contribution in [0.2, 0.25) is 0 Å². The van der Waals surface area contributed by atoms with E-state index >= 15 is 0 Å². The summed E-state index contributed by atoms with van der Waals surface area (Å²) in [6.07, 6.45) is 4.43. The second-order valence-electron chi connectivity index (χ2n) is 10.0. The van der Waals surface area contributed by atoms with E-state index in [1.54, 1.807) is 13.8 Å². The number of anilines is 2. The molecule has 7 N–H and O–H groups in total. The quantitative estimate of drug-likeness (QED) is 0.131. The summed E-state index contributed by atoms with van der Waals surface area (Å²) in [6.45, 7) is 5.70. The van der Waals surface area contributed by atoms with E-state index < -0.39 is 41.7 Å². The predicted octanol–water partition coefficient (Wildman–Crippen LogP) is 2.64. The van der Waals surface area contributed by atoms with Crippen LogP contribution in [0.25, 0.3) is 6.08 Å². The van der Waals surface area contributed by atoms with Crippen LogP contribution >= 0.6 is 0 Å². The van der Waals surface area contributed by atoms with Crippen molar-refractivity contribution in [1.82, 2.24) is 10.2 Å². The van der Waals surface area contributed by atoms with Gasteiger partial charge in [0, 0.05) is 18.7 Å². The molecular weight excluding hydrogens is 558 g/mol. The first-order chi connectivity index (χ1) is 20.3. The average molecular weight is 596 g/mol. The highest BCUT2D eigenvalue weighted by Gasteiger charge is 2.30. The molecule has 0 unspecified atom stereocenters. The number of nitrogens with one attached hydrogen (secondary N) is 1. The lowest BCUT2D eigenvalue weighted by atomic mass is 9.99. The smallest absolute Gasteiger partial charge is 0.395 e. The molecule has 230 valence electrons. The van der Waals surface area contributed by atoms with Crippen molar-refractivity contribution in [2.24, 2.45) is 11.5 Å². The first kappa shape index (κ1) is 34.2. The minimum atomic E-state index is -1.86. The van der Waals surface area contributed by atoms with E-state index in [1.165, 1.54) is 48.5 Å². The van der Waals surface area contributed by atoms with Crippen molar-refractivity contribution in [3.05, 3.63) is 65.2 Å². The van der Waals surface area contributed by atoms with Gasteiger partial charge in [0.05, 0.1) is 23.0 Å². The van der Waals surface area contributed by atoms with Gasteiger partial charge in [0.25, 0.3) is 0 Å². The molecule has 0 aliphatic carbocycles. The zero-order valence-electron chi connectivity index (χ0n) is 24.3. The van der Waals surface area contributed by atoms with Gasteiger partial charge in [-0.05, 0) is 68.2 Å². The molecule has 0 spiro atoms. The molecule has 0 fully saturated rings. The van der Waals surface area contributed by atoms with E-state index in [0.29, 0.717) is 16.9 Å². The SMILES string of the molecule is CCCCCN(C(=O)NC(C)C)C(=O)[C@@H](N)Cc1ccc(N(C(=O)C(=O)O)c2ccccc2C(=O)O)c(/C=C/C(N)=O)c1. The zero-order valence-corrected chi connectivity index (χ0v) is 24.3. The number of nitrogens with zero attached hydrogens (tertiary/aromatic N) is 2. The lowest BCUT2D eigenvalue weighted by Crippen LogP contribution is -2.52. The van der Waals surface area contributed by atoms with Crippen molar-refractivity contribution in [2.45, 2.75) is 58.5 Å². The van der Waals surface area contributed by atoms with Crippen molar-refractivity contribution in [3.63, 3.8) is 0 Å². The Morgan fingerprint density at radius 2 is 1.65 bits per heavy atom. The molecular formula is C30H37N5O8. The van der Waals surface area contributed by atoms with Crippen LogP contribution in [0.3, 0.4) is 0 Å². The normalized spacial score (nSPS) is 11.7. The molecule has 0 bridgehead atoms. The summed E-state index contributed by atoms with van der Waals surface area (Å²) in [6, 6.07) is 7.69. The largest absolute Gasteiger partial charge is 0.478 e. The second-order valence-corrected chi connectivity index (χ2v) is 10.0. The Bertz CT molecular complexity index is 1400. The van der Waals surface area contributed by atoms with Crippen molar-refractivity contribution in [1.29, 1.82) is 0 Å². The Hall–Kier alpha value is -5.04. The van der Waals surface area contributed by atoms with Gasteiger partial charge < -0.3 is 27.0 Å². The Morgan fingerprint density at radius 3 is 2.23 bits per heavy atom. The van der Waals surface area contributed by atoms with Crippen molar-refractivity contribution in [2.75, 3.05) is 11.4 Å². The number of imide groups is 1. The molecule has 0 heterocycles. The maximum absolute atomic E-state index is 13.3. The minimum absolute atomic E-state index is 0.0612. The van der Waals surface area contributed by atoms with Crippen molar-refractivity contribution in [3.8, 4) is 0 Å². The Morgan fingerprint density at radius 1 is 0.977 bits per heavy atom. The molecule has 0 aliphatic rings. The van der Waals surface area contributed by atoms with E-state index in [9.17, 15) is 39.0 Å². The molecule has 13 nitrogen and oxygen atoms in total. The Kier molecular flexibility index (Phi) is 12.6. The number of carbonyl (C=O) groups excluding carboxylic acids is 4. The summed E-state index contributed by atoms with van der Waals surface area (Å²) in [4.78, 5) is 76.0. The van der Waals surface area contributed by atoms with Gasteiger partial charge in [-0.1, -0.05) is 38.0 Å². The standard InChI is InChI=1S/C30H37N5O8/c1-4-5-8-15-34(30(43)33-18(2)3)26(37)22(31)17-19-11-13-23(20(16-19)12-14-25(32)36)35(27(38)29(41)42)24-10-7-6-9-21(24)28(39)40/h6-7,9-14,16,18,22H,4-5,8,15,17,31H2,1-3H3,(H2,32,36)(H,33,43)(H,39,40)(H,41,42)/b14-12+/t22-/m0/s1. The van der Waals surface area contributed by atoms with E-state index in [0.717, 1.165) is 23.8 Å². The van der Waals surface area contributed by atoms with Crippen LogP contribution in [-0.4, -0.2) is 69.4 Å². The summed E-state index contributed by atoms with van der Waals surface area (Å²) < 4.78 is 0. The number of rotatable bonds is 13. The predicted molar refractivity (Wildman–Crippen MR) is 159 cm³/mol. The topological polar surface area (TPSA) is 213 Å². The molecule has 5 amide bonds. The number of nitrogens with two attached hydrogens (primary N) is 2. The third-order valence-electron chi connectivity index (χ3n) is 6.20. The van der Waals surface area contributed by atoms with Crippen molar-refractivity contribution >= 4 is 53.1 Å². The van der Waals surface area contributed by atoms with Crippen LogP contribution in [-0.2, 0) is 25.6 Å². The first-order valence-electron chi connectivity index (χ1n) is 13.7. The molecule has 0 saturated carbocycles. The highest BCUT2D eigenvalue weighted by molar-refractivity contribution is 6.39. The Labute approximate surface area is 249 Å². The molecule has 2 rings (SSSR count). The van der Waals surface area contributed by atoms with Crippen LogP contribution < -0.4 is 21.7 Å². The van der Waals surface area contributed by atoms with Crippen LogP contribution in [0.15, 0.2) is 48.5 Å². The monoisotopic (exact) mass is 595 g/mol. The zero-order chi connectivity index (χ0) is 32.3. The number of unbranched alkanes of at least 4 members (excludes halogenated alkanes) is 2. The molecule has 0 aromatic heterocycles. The number of hydrogen-bond acceptors (Lipinski definition) is 7. The molecule has 43 heavy (non-hydrogen) atoms. The fourth-order valence-corrected chi connectivity index (χ4v) is 4.23. The number of carboxylic acid groups (broad SMARTS) is 2. The lowest BCUT2D eigenvalue weighted by molar-refractivity contribution is -0.148. The number of aliphatic carboxylic acids is 1. The number of amides is 5. The highest BCUT2D eigenvalue weighted by atomic mass is 16.4. The van der Waals surface area contributed by atoms with E-state index in [2.05, 4.69) is 5.32 Å². The number of aromatic carboxylic acids is 1. The summed E-state index contributed by atoms with van der Waals surface area (Å²) >= 11 is 0. The molecule has 0 radical (unpaired) electrons. The summed E-state index contributed by atoms with van der Waals surface area (Å²) in [5.74, 6) is -6.17. The summed E-state index contributed by atoms with van der Waals surface area (Å²) in [7, 11) is 0. The van der Waals surface area contributed by atoms with Gasteiger partial charge in [-0.2, -0.15) is 0 Å². The lowest BCUT2D eigenvalue weighted by Gasteiger charge is -2.26. The third-order valence-corrected chi connectivity index (χ3v) is 6.20. The molecule has 0 aliphatic heterocycles. The molecule has 0 saturated heterocycles. The van der Waals surface area contributed by atoms with Crippen molar-refractivity contribution < 1.29 is 39.0 Å². The van der Waals surface area contributed by atoms with Crippen LogP contribution in [0, 0.1) is 0 Å². The van der Waals surface area contributed by atoms with Gasteiger partial charge in [-0.25, -0.2) is 14.4 Å². The molecule has 1 atom stereocenters. The van der Waals surface area contributed by atoms with E-state index in [4.69, 9.17) is 11.5 Å². The van der Waals surface area contributed by atoms with Gasteiger partial charge >= 0.3 is 23.9 Å². The summed E-state index contributed by atoms with van der Waals surface area (Å²) in [5, 5.41) is 21.9. The van der Waals surface area contributed by atoms with Crippen LogP contribution in [0.5, 0.6) is 0 Å². The number of carboxylic acids is 2. The van der Waals surface area contributed by atoms with Gasteiger partial charge in [-0.3, -0.25) is 24.2 Å². The minimum Gasteiger partial charge on any atom is -0.478 e. The van der Waals surface area contributed by atoms with Gasteiger partial charge in [0.1, 0.15) is 0 Å². The summed E-state index contributed by atoms with van der Waals surface area (Å²) in [5.41, 5.74) is 11.4. The molecule has 2 aromatic carbocycles. The Balaban J connectivity index is 2.57. The molecule has 2 aromatic rings. The second kappa shape index (κ2) is 15.8. The highest BCUT2D eigenvalue weighted by Crippen LogP contribution is 2.33. The number of carbonyl (C=O) groups is 6. The van der Waals surface area contributed by atoms with Gasteiger partial charge in [0.2, 0.25) is 11.8 Å². The van der Waals surface area contributed by atoms with E-state index in [-0.39, 0.29) is 41.5 Å². The van der Waals surface area contributed by atoms with Crippen LogP contribution in [0.4, 0.5) is 16.2 Å². The molecule has 13 heteroatoms. The number of primary amides is 1.